The van der Waals surface area contributed by atoms with Gasteiger partial charge in [0.25, 0.3) is 0 Å². The third-order valence-electron chi connectivity index (χ3n) is 6.12. The minimum atomic E-state index is 0.330. The van der Waals surface area contributed by atoms with E-state index in [0.717, 1.165) is 42.2 Å². The molecule has 0 aliphatic carbocycles. The van der Waals surface area contributed by atoms with Crippen molar-refractivity contribution in [2.45, 2.75) is 64.1 Å². The lowest BCUT2D eigenvalue weighted by Crippen LogP contribution is -2.47. The van der Waals surface area contributed by atoms with Crippen molar-refractivity contribution in [2.75, 3.05) is 17.2 Å². The van der Waals surface area contributed by atoms with E-state index in [1.165, 1.54) is 12.8 Å². The fourth-order valence-corrected chi connectivity index (χ4v) is 4.90. The van der Waals surface area contributed by atoms with E-state index in [-0.39, 0.29) is 0 Å². The molecule has 2 unspecified atom stereocenters. The number of H-pyrrole nitrogens is 2. The number of anilines is 3. The monoisotopic (exact) mass is 406 g/mol. The van der Waals surface area contributed by atoms with Crippen molar-refractivity contribution in [2.24, 2.45) is 0 Å². The van der Waals surface area contributed by atoms with Gasteiger partial charge in [0.1, 0.15) is 5.82 Å². The third kappa shape index (κ3) is 3.57. The van der Waals surface area contributed by atoms with Gasteiger partial charge in [0, 0.05) is 42.9 Å². The average molecular weight is 406 g/mol. The number of fused-ring (bicyclic) bond motifs is 3. The summed E-state index contributed by atoms with van der Waals surface area (Å²) in [5.41, 5.74) is 2.43. The fraction of sp³-hybridized carbons (Fsp3) is 0.550. The van der Waals surface area contributed by atoms with Gasteiger partial charge in [-0.2, -0.15) is 20.3 Å². The molecule has 2 saturated heterocycles. The van der Waals surface area contributed by atoms with Crippen LogP contribution >= 0.6 is 0 Å². The van der Waals surface area contributed by atoms with Gasteiger partial charge in [-0.25, -0.2) is 4.98 Å². The van der Waals surface area contributed by atoms with Gasteiger partial charge in [0.2, 0.25) is 5.95 Å². The Morgan fingerprint density at radius 3 is 2.70 bits per heavy atom. The van der Waals surface area contributed by atoms with E-state index in [2.05, 4.69) is 46.8 Å². The maximum Gasteiger partial charge on any atom is 0.232 e. The molecule has 0 aromatic carbocycles. The van der Waals surface area contributed by atoms with Gasteiger partial charge in [-0.15, -0.1) is 0 Å². The van der Waals surface area contributed by atoms with Crippen molar-refractivity contribution < 1.29 is 0 Å². The number of aryl methyl sites for hydroxylation is 2. The zero-order chi connectivity index (χ0) is 20.7. The first-order chi connectivity index (χ1) is 14.6. The van der Waals surface area contributed by atoms with Gasteiger partial charge < -0.3 is 15.6 Å². The second-order valence-corrected chi connectivity index (χ2v) is 8.32. The highest BCUT2D eigenvalue weighted by molar-refractivity contribution is 5.84. The smallest absolute Gasteiger partial charge is 0.232 e. The lowest BCUT2D eigenvalue weighted by molar-refractivity contribution is 0.136. The molecule has 5 heterocycles. The van der Waals surface area contributed by atoms with Crippen LogP contribution in [0.15, 0.2) is 6.07 Å². The molecule has 30 heavy (non-hydrogen) atoms. The lowest BCUT2D eigenvalue weighted by atomic mass is 9.97. The second kappa shape index (κ2) is 7.57. The number of rotatable bonds is 6. The average Bonchev–Trinajstić information content (AvgIpc) is 3.35. The van der Waals surface area contributed by atoms with Crippen molar-refractivity contribution in [1.82, 2.24) is 35.0 Å². The number of nitrogens with zero attached hydrogens (tertiary/aromatic N) is 6. The third-order valence-corrected chi connectivity index (χ3v) is 6.12. The molecule has 0 saturated carbocycles. The predicted molar refractivity (Wildman–Crippen MR) is 113 cm³/mol. The summed E-state index contributed by atoms with van der Waals surface area (Å²) in [6.45, 7) is 4.75. The van der Waals surface area contributed by atoms with Crippen LogP contribution in [0.25, 0.3) is 11.2 Å². The van der Waals surface area contributed by atoms with E-state index in [4.69, 9.17) is 10.2 Å². The summed E-state index contributed by atoms with van der Waals surface area (Å²) >= 11 is 0. The number of nitriles is 1. The second-order valence-electron chi connectivity index (χ2n) is 8.32. The first-order valence-corrected chi connectivity index (χ1v) is 10.5. The molecule has 156 valence electrons. The summed E-state index contributed by atoms with van der Waals surface area (Å²) in [5.74, 6) is 2.71. The Morgan fingerprint density at radius 1 is 1.20 bits per heavy atom. The number of hydrogen-bond acceptors (Lipinski definition) is 8. The van der Waals surface area contributed by atoms with Gasteiger partial charge in [-0.3, -0.25) is 10.00 Å². The number of nitrogens with one attached hydrogen (secondary N) is 4. The summed E-state index contributed by atoms with van der Waals surface area (Å²) in [6.07, 6.45) is 5.13. The summed E-state index contributed by atoms with van der Waals surface area (Å²) < 4.78 is 0. The molecule has 4 N–H and O–H groups in total. The minimum absolute atomic E-state index is 0.330. The summed E-state index contributed by atoms with van der Waals surface area (Å²) in [7, 11) is 0. The topological polar surface area (TPSA) is 134 Å². The van der Waals surface area contributed by atoms with E-state index in [9.17, 15) is 0 Å². The first-order valence-electron chi connectivity index (χ1n) is 10.5. The van der Waals surface area contributed by atoms with Crippen LogP contribution in [0.5, 0.6) is 0 Å². The first kappa shape index (κ1) is 18.8. The lowest BCUT2D eigenvalue weighted by Gasteiger charge is -2.39. The number of aromatic amines is 2. The molecule has 0 radical (unpaired) electrons. The molecular formula is C20H26N10. The quantitative estimate of drug-likeness (QED) is 0.491. The van der Waals surface area contributed by atoms with Crippen LogP contribution in [-0.2, 0) is 0 Å². The molecule has 3 aromatic heterocycles. The Balaban J connectivity index is 1.38. The zero-order valence-electron chi connectivity index (χ0n) is 17.2. The molecule has 10 nitrogen and oxygen atoms in total. The van der Waals surface area contributed by atoms with Gasteiger partial charge in [0.15, 0.2) is 22.8 Å². The van der Waals surface area contributed by atoms with Gasteiger partial charge in [-0.1, -0.05) is 0 Å². The Bertz CT molecular complexity index is 1080. The normalized spacial score (nSPS) is 23.6. The van der Waals surface area contributed by atoms with Crippen molar-refractivity contribution >= 4 is 28.7 Å². The van der Waals surface area contributed by atoms with Crippen molar-refractivity contribution in [3.05, 3.63) is 17.6 Å². The van der Waals surface area contributed by atoms with E-state index in [0.29, 0.717) is 42.0 Å². The minimum Gasteiger partial charge on any atom is -0.365 e. The Labute approximate surface area is 174 Å². The van der Waals surface area contributed by atoms with Gasteiger partial charge in [0.05, 0.1) is 6.07 Å². The van der Waals surface area contributed by atoms with Crippen LogP contribution in [0.3, 0.4) is 0 Å². The molecule has 0 amide bonds. The van der Waals surface area contributed by atoms with Crippen LogP contribution in [-0.4, -0.2) is 59.7 Å². The molecule has 3 aromatic rings. The summed E-state index contributed by atoms with van der Waals surface area (Å²) in [4.78, 5) is 19.6. The highest BCUT2D eigenvalue weighted by Crippen LogP contribution is 2.37. The molecular weight excluding hydrogens is 380 g/mol. The fourth-order valence-electron chi connectivity index (χ4n) is 4.90. The standard InChI is InChI=1S/C20H26N10/c1-11-8-16(29-28-11)25-20-26-18-17(22-12(2)23-18)19(27-20)24-13-9-14-4-5-15(10-13)30(14)7-3-6-21/h8,13-15H,3-5,7,9-10H2,1-2H3,(H4,22,23,24,25,26,27,28,29). The van der Waals surface area contributed by atoms with Crippen LogP contribution in [0.4, 0.5) is 17.6 Å². The SMILES string of the molecule is Cc1cc(Nc2nc(NC3CC4CCC(C3)N4CCC#N)c3nc(C)[nH]c3n2)n[nH]1. The Kier molecular flexibility index (Phi) is 4.75. The largest absolute Gasteiger partial charge is 0.365 e. The van der Waals surface area contributed by atoms with E-state index in [1.807, 2.05) is 19.9 Å². The van der Waals surface area contributed by atoms with Crippen LogP contribution < -0.4 is 10.6 Å². The van der Waals surface area contributed by atoms with Crippen molar-refractivity contribution in [3.8, 4) is 6.07 Å². The number of piperidine rings is 1. The maximum atomic E-state index is 8.95. The maximum absolute atomic E-state index is 8.95. The van der Waals surface area contributed by atoms with Crippen LogP contribution in [0.2, 0.25) is 0 Å². The molecule has 10 heteroatoms. The highest BCUT2D eigenvalue weighted by Gasteiger charge is 2.40. The molecule has 0 spiro atoms. The molecule has 2 aliphatic rings. The summed E-state index contributed by atoms with van der Waals surface area (Å²) in [5, 5.41) is 22.9. The van der Waals surface area contributed by atoms with Gasteiger partial charge in [-0.05, 0) is 39.5 Å². The summed E-state index contributed by atoms with van der Waals surface area (Å²) in [6, 6.07) is 5.60. The van der Waals surface area contributed by atoms with E-state index >= 15 is 0 Å². The molecule has 2 bridgehead atoms. The molecule has 2 aliphatic heterocycles. The Morgan fingerprint density at radius 2 is 2.00 bits per heavy atom. The molecule has 2 atom stereocenters. The van der Waals surface area contributed by atoms with Crippen LogP contribution in [0.1, 0.15) is 43.6 Å². The Hall–Kier alpha value is -3.19. The van der Waals surface area contributed by atoms with Crippen molar-refractivity contribution in [1.29, 1.82) is 5.26 Å². The molecule has 5 rings (SSSR count). The van der Waals surface area contributed by atoms with Gasteiger partial charge >= 0.3 is 0 Å². The number of aromatic nitrogens is 6. The van der Waals surface area contributed by atoms with E-state index in [1.54, 1.807) is 0 Å². The highest BCUT2D eigenvalue weighted by atomic mass is 15.3. The predicted octanol–water partition coefficient (Wildman–Crippen LogP) is 2.76. The van der Waals surface area contributed by atoms with Crippen LogP contribution in [0, 0.1) is 25.2 Å². The zero-order valence-corrected chi connectivity index (χ0v) is 17.2. The molecule has 2 fully saturated rings. The number of hydrogen-bond donors (Lipinski definition) is 4. The van der Waals surface area contributed by atoms with E-state index < -0.39 is 0 Å². The number of imidazole rings is 1. The van der Waals surface area contributed by atoms with Crippen molar-refractivity contribution in [3.63, 3.8) is 0 Å².